The predicted molar refractivity (Wildman–Crippen MR) is 141 cm³/mol. The average molecular weight is 564 g/mol. The molecule has 3 aromatic rings. The molecule has 0 spiro atoms. The Morgan fingerprint density at radius 2 is 1.74 bits per heavy atom. The van der Waals surface area contributed by atoms with Crippen molar-refractivity contribution in [3.63, 3.8) is 0 Å². The van der Waals surface area contributed by atoms with E-state index in [-0.39, 0.29) is 43.2 Å². The predicted octanol–water partition coefficient (Wildman–Crippen LogP) is 6.46. The van der Waals surface area contributed by atoms with Crippen LogP contribution < -0.4 is 5.32 Å². The number of alkyl halides is 3. The number of rotatable bonds is 9. The summed E-state index contributed by atoms with van der Waals surface area (Å²) in [5.41, 5.74) is 1.12. The Hall–Kier alpha value is -3.44. The van der Waals surface area contributed by atoms with Crippen molar-refractivity contribution in [3.05, 3.63) is 87.4 Å². The van der Waals surface area contributed by atoms with Gasteiger partial charge in [0.05, 0.1) is 18.2 Å². The second-order valence-corrected chi connectivity index (χ2v) is 10.4. The fourth-order valence-electron chi connectivity index (χ4n) is 4.24. The number of carbonyl (C=O) groups is 2. The number of hydrogen-bond donors (Lipinski definition) is 1. The second kappa shape index (κ2) is 12.6. The van der Waals surface area contributed by atoms with Crippen molar-refractivity contribution in [2.45, 2.75) is 45.1 Å². The van der Waals surface area contributed by atoms with Crippen molar-refractivity contribution in [1.82, 2.24) is 9.80 Å². The van der Waals surface area contributed by atoms with Crippen molar-refractivity contribution in [1.29, 1.82) is 0 Å². The maximum atomic E-state index is 13.6. The molecule has 208 valence electrons. The maximum absolute atomic E-state index is 13.6. The molecule has 1 fully saturated rings. The van der Waals surface area contributed by atoms with E-state index in [0.29, 0.717) is 13.2 Å². The third-order valence-electron chi connectivity index (χ3n) is 6.47. The standard InChI is InChI=1S/C28H29F4N3O3S/c1-19-12-14-39-25(19)17-34(15-20-4-8-22(29)9-5-20)26(36)18-35(16-24-3-2-13-38-24)27(37)33-23-10-6-21(7-11-23)28(30,31)32/h4-12,14,24H,2-3,13,15-18H2,1H3,(H,33,37). The summed E-state index contributed by atoms with van der Waals surface area (Å²) in [6.07, 6.45) is -3.18. The topological polar surface area (TPSA) is 61.9 Å². The van der Waals surface area contributed by atoms with Gasteiger partial charge in [-0.15, -0.1) is 11.3 Å². The van der Waals surface area contributed by atoms with Gasteiger partial charge in [0.25, 0.3) is 0 Å². The number of carbonyl (C=O) groups excluding carboxylic acids is 2. The van der Waals surface area contributed by atoms with Crippen LogP contribution in [0.1, 0.15) is 34.4 Å². The highest BCUT2D eigenvalue weighted by Crippen LogP contribution is 2.30. The van der Waals surface area contributed by atoms with Crippen molar-refractivity contribution >= 4 is 29.0 Å². The van der Waals surface area contributed by atoms with E-state index < -0.39 is 17.8 Å². The molecule has 1 aromatic heterocycles. The summed E-state index contributed by atoms with van der Waals surface area (Å²) in [7, 11) is 0. The Balaban J connectivity index is 1.52. The third-order valence-corrected chi connectivity index (χ3v) is 7.47. The van der Waals surface area contributed by atoms with Gasteiger partial charge in [0.15, 0.2) is 0 Å². The van der Waals surface area contributed by atoms with Crippen LogP contribution in [-0.2, 0) is 28.8 Å². The quantitative estimate of drug-likeness (QED) is 0.304. The molecule has 1 saturated heterocycles. The summed E-state index contributed by atoms with van der Waals surface area (Å²) in [6.45, 7) is 2.92. The zero-order chi connectivity index (χ0) is 28.0. The first-order valence-electron chi connectivity index (χ1n) is 12.5. The molecule has 1 aliphatic rings. The SMILES string of the molecule is Cc1ccsc1CN(Cc1ccc(F)cc1)C(=O)CN(CC1CCCO1)C(=O)Nc1ccc(C(F)(F)F)cc1. The lowest BCUT2D eigenvalue weighted by molar-refractivity contribution is -0.137. The molecule has 1 atom stereocenters. The zero-order valence-corrected chi connectivity index (χ0v) is 22.2. The Kier molecular flexibility index (Phi) is 9.24. The number of halogens is 4. The van der Waals surface area contributed by atoms with Gasteiger partial charge in [0, 0.05) is 30.3 Å². The van der Waals surface area contributed by atoms with Gasteiger partial charge in [-0.1, -0.05) is 12.1 Å². The van der Waals surface area contributed by atoms with Gasteiger partial charge < -0.3 is 19.9 Å². The highest BCUT2D eigenvalue weighted by Gasteiger charge is 2.30. The van der Waals surface area contributed by atoms with Crippen LogP contribution in [0.4, 0.5) is 28.0 Å². The second-order valence-electron chi connectivity index (χ2n) is 9.42. The van der Waals surface area contributed by atoms with E-state index in [4.69, 9.17) is 4.74 Å². The molecule has 3 amide bonds. The largest absolute Gasteiger partial charge is 0.416 e. The first-order valence-corrected chi connectivity index (χ1v) is 13.4. The first-order chi connectivity index (χ1) is 18.6. The number of ether oxygens (including phenoxy) is 1. The van der Waals surface area contributed by atoms with Crippen molar-refractivity contribution in [2.75, 3.05) is 25.0 Å². The molecule has 4 rings (SSSR count). The van der Waals surface area contributed by atoms with Gasteiger partial charge in [-0.05, 0) is 78.7 Å². The van der Waals surface area contributed by atoms with E-state index in [9.17, 15) is 27.2 Å². The van der Waals surface area contributed by atoms with Gasteiger partial charge in [-0.2, -0.15) is 13.2 Å². The molecule has 6 nitrogen and oxygen atoms in total. The monoisotopic (exact) mass is 563 g/mol. The van der Waals surface area contributed by atoms with Crippen molar-refractivity contribution in [3.8, 4) is 0 Å². The number of hydrogen-bond acceptors (Lipinski definition) is 4. The third kappa shape index (κ3) is 8.03. The Morgan fingerprint density at radius 1 is 1.03 bits per heavy atom. The number of urea groups is 1. The number of aryl methyl sites for hydroxylation is 1. The molecule has 39 heavy (non-hydrogen) atoms. The number of nitrogens with zero attached hydrogens (tertiary/aromatic N) is 2. The lowest BCUT2D eigenvalue weighted by atomic mass is 10.2. The molecule has 11 heteroatoms. The molecular weight excluding hydrogens is 534 g/mol. The van der Waals surface area contributed by atoms with Crippen LogP contribution in [-0.4, -0.2) is 47.5 Å². The van der Waals surface area contributed by atoms with E-state index in [0.717, 1.165) is 41.0 Å². The number of benzene rings is 2. The van der Waals surface area contributed by atoms with Crippen LogP contribution in [0.5, 0.6) is 0 Å². The minimum atomic E-state index is -4.49. The average Bonchev–Trinajstić information content (AvgIpc) is 3.56. The van der Waals surface area contributed by atoms with Crippen LogP contribution in [0, 0.1) is 12.7 Å². The highest BCUT2D eigenvalue weighted by atomic mass is 32.1. The molecule has 0 saturated carbocycles. The number of amides is 3. The molecule has 2 aromatic carbocycles. The summed E-state index contributed by atoms with van der Waals surface area (Å²) >= 11 is 1.52. The van der Waals surface area contributed by atoms with E-state index >= 15 is 0 Å². The van der Waals surface area contributed by atoms with E-state index in [1.165, 1.54) is 40.5 Å². The molecule has 0 radical (unpaired) electrons. The summed E-state index contributed by atoms with van der Waals surface area (Å²) < 4.78 is 57.9. The maximum Gasteiger partial charge on any atom is 0.416 e. The summed E-state index contributed by atoms with van der Waals surface area (Å²) in [4.78, 5) is 30.8. The van der Waals surface area contributed by atoms with Crippen molar-refractivity contribution < 1.29 is 31.9 Å². The molecule has 0 bridgehead atoms. The number of anilines is 1. The number of nitrogens with one attached hydrogen (secondary N) is 1. The van der Waals surface area contributed by atoms with Crippen molar-refractivity contribution in [2.24, 2.45) is 0 Å². The van der Waals surface area contributed by atoms with E-state index in [2.05, 4.69) is 5.32 Å². The fourth-order valence-corrected chi connectivity index (χ4v) is 5.16. The summed E-state index contributed by atoms with van der Waals surface area (Å²) in [6, 6.07) is 11.3. The van der Waals surface area contributed by atoms with Gasteiger partial charge in [-0.3, -0.25) is 4.79 Å². The molecule has 0 aliphatic carbocycles. The smallest absolute Gasteiger partial charge is 0.376 e. The van der Waals surface area contributed by atoms with Gasteiger partial charge in [0.2, 0.25) is 5.91 Å². The van der Waals surface area contributed by atoms with Crippen LogP contribution in [0.15, 0.2) is 60.0 Å². The molecule has 1 aliphatic heterocycles. The van der Waals surface area contributed by atoms with E-state index in [1.54, 1.807) is 17.0 Å². The minimum Gasteiger partial charge on any atom is -0.376 e. The molecule has 1 unspecified atom stereocenters. The zero-order valence-electron chi connectivity index (χ0n) is 21.3. The van der Waals surface area contributed by atoms with Crippen LogP contribution in [0.2, 0.25) is 0 Å². The molecule has 2 heterocycles. The Morgan fingerprint density at radius 3 is 2.33 bits per heavy atom. The Labute approximate surface area is 228 Å². The van der Waals surface area contributed by atoms with E-state index in [1.807, 2.05) is 18.4 Å². The number of thiophene rings is 1. The first kappa shape index (κ1) is 28.6. The van der Waals surface area contributed by atoms with Gasteiger partial charge in [0.1, 0.15) is 12.4 Å². The van der Waals surface area contributed by atoms with Gasteiger partial charge in [-0.25, -0.2) is 9.18 Å². The lowest BCUT2D eigenvalue weighted by Crippen LogP contribution is -2.46. The lowest BCUT2D eigenvalue weighted by Gasteiger charge is -2.29. The minimum absolute atomic E-state index is 0.153. The van der Waals surface area contributed by atoms with Crippen LogP contribution >= 0.6 is 11.3 Å². The molecule has 1 N–H and O–H groups in total. The summed E-state index contributed by atoms with van der Waals surface area (Å²) in [5.74, 6) is -0.707. The summed E-state index contributed by atoms with van der Waals surface area (Å²) in [5, 5.41) is 4.54. The fraction of sp³-hybridized carbons (Fsp3) is 0.357. The molecular formula is C28H29F4N3O3S. The highest BCUT2D eigenvalue weighted by molar-refractivity contribution is 7.10. The van der Waals surface area contributed by atoms with Crippen LogP contribution in [0.3, 0.4) is 0 Å². The van der Waals surface area contributed by atoms with Gasteiger partial charge >= 0.3 is 12.2 Å². The van der Waals surface area contributed by atoms with Crippen LogP contribution in [0.25, 0.3) is 0 Å². The Bertz CT molecular complexity index is 1260. The normalized spacial score (nSPS) is 15.3.